The summed E-state index contributed by atoms with van der Waals surface area (Å²) in [7, 11) is 3.15. The quantitative estimate of drug-likeness (QED) is 0.637. The molecule has 0 aromatic heterocycles. The molecule has 0 spiro atoms. The summed E-state index contributed by atoms with van der Waals surface area (Å²) in [5.74, 6) is -0.316. The predicted octanol–water partition coefficient (Wildman–Crippen LogP) is -0.698. The molecule has 0 radical (unpaired) electrons. The summed E-state index contributed by atoms with van der Waals surface area (Å²) in [6, 6.07) is -0.366. The van der Waals surface area contributed by atoms with Crippen molar-refractivity contribution in [3.05, 3.63) is 0 Å². The highest BCUT2D eigenvalue weighted by molar-refractivity contribution is 5.95. The van der Waals surface area contributed by atoms with Crippen molar-refractivity contribution in [3.8, 4) is 0 Å². The zero-order chi connectivity index (χ0) is 13.5. The number of urea groups is 1. The fourth-order valence-electron chi connectivity index (χ4n) is 2.14. The molecule has 0 saturated carbocycles. The maximum absolute atomic E-state index is 11.6. The Kier molecular flexibility index (Phi) is 8.66. The number of carbonyl (C=O) groups is 2. The van der Waals surface area contributed by atoms with E-state index in [1.54, 1.807) is 7.11 Å². The van der Waals surface area contributed by atoms with E-state index in [0.29, 0.717) is 6.54 Å². The number of carbonyl (C=O) groups excluding carboxylic acids is 2. The Balaban J connectivity index is 0.00000324. The lowest BCUT2D eigenvalue weighted by Crippen LogP contribution is -2.52. The summed E-state index contributed by atoms with van der Waals surface area (Å²) in [5.41, 5.74) is 5.71. The highest BCUT2D eigenvalue weighted by Gasteiger charge is 2.28. The number of methoxy groups -OCH3 is 1. The van der Waals surface area contributed by atoms with Gasteiger partial charge in [0, 0.05) is 33.3 Å². The van der Waals surface area contributed by atoms with Gasteiger partial charge in [-0.15, -0.1) is 12.4 Å². The maximum atomic E-state index is 11.6. The molecule has 7 nitrogen and oxygen atoms in total. The molecule has 1 aliphatic heterocycles. The first-order valence-electron chi connectivity index (χ1n) is 6.09. The van der Waals surface area contributed by atoms with E-state index in [1.165, 1.54) is 7.05 Å². The molecular weight excluding hydrogens is 272 g/mol. The van der Waals surface area contributed by atoms with Gasteiger partial charge in [-0.3, -0.25) is 15.0 Å². The SMILES string of the molecule is CNC(=O)NC(=O)CN1CCC(OC)CC1CN.Cl. The molecule has 1 rings (SSSR count). The highest BCUT2D eigenvalue weighted by Crippen LogP contribution is 2.18. The number of ether oxygens (including phenoxy) is 1. The third-order valence-corrected chi connectivity index (χ3v) is 3.22. The van der Waals surface area contributed by atoms with Crippen LogP contribution in [0.15, 0.2) is 0 Å². The van der Waals surface area contributed by atoms with Crippen LogP contribution in [0.3, 0.4) is 0 Å². The van der Waals surface area contributed by atoms with Gasteiger partial charge in [0.25, 0.3) is 0 Å². The average molecular weight is 295 g/mol. The Labute approximate surface area is 119 Å². The number of likely N-dealkylation sites (tertiary alicyclic amines) is 1. The van der Waals surface area contributed by atoms with Crippen LogP contribution >= 0.6 is 12.4 Å². The number of amides is 3. The lowest BCUT2D eigenvalue weighted by atomic mass is 9.99. The number of halogens is 1. The van der Waals surface area contributed by atoms with Gasteiger partial charge in [0.05, 0.1) is 12.6 Å². The Hall–Kier alpha value is -0.890. The van der Waals surface area contributed by atoms with Crippen LogP contribution < -0.4 is 16.4 Å². The third-order valence-electron chi connectivity index (χ3n) is 3.22. The third kappa shape index (κ3) is 5.73. The zero-order valence-electron chi connectivity index (χ0n) is 11.3. The van der Waals surface area contributed by atoms with Crippen LogP contribution in [0.5, 0.6) is 0 Å². The first-order chi connectivity index (χ1) is 8.60. The largest absolute Gasteiger partial charge is 0.381 e. The Morgan fingerprint density at radius 1 is 1.47 bits per heavy atom. The van der Waals surface area contributed by atoms with E-state index in [0.717, 1.165) is 19.4 Å². The lowest BCUT2D eigenvalue weighted by molar-refractivity contribution is -0.122. The normalized spacial score (nSPS) is 23.3. The van der Waals surface area contributed by atoms with Crippen LogP contribution in [-0.4, -0.2) is 62.8 Å². The molecule has 2 atom stereocenters. The second-order valence-electron chi connectivity index (χ2n) is 4.37. The Morgan fingerprint density at radius 3 is 2.68 bits per heavy atom. The van der Waals surface area contributed by atoms with Gasteiger partial charge in [0.15, 0.2) is 0 Å². The van der Waals surface area contributed by atoms with Crippen molar-refractivity contribution in [2.45, 2.75) is 25.0 Å². The maximum Gasteiger partial charge on any atom is 0.321 e. The second kappa shape index (κ2) is 9.08. The predicted molar refractivity (Wildman–Crippen MR) is 74.3 cm³/mol. The summed E-state index contributed by atoms with van der Waals surface area (Å²) < 4.78 is 5.31. The Morgan fingerprint density at radius 2 is 2.16 bits per heavy atom. The first kappa shape index (κ1) is 18.1. The van der Waals surface area contributed by atoms with Crippen molar-refractivity contribution >= 4 is 24.3 Å². The Bertz CT molecular complexity index is 304. The second-order valence-corrected chi connectivity index (χ2v) is 4.37. The molecule has 1 heterocycles. The van der Waals surface area contributed by atoms with E-state index in [9.17, 15) is 9.59 Å². The van der Waals surface area contributed by atoms with Gasteiger partial charge in [-0.05, 0) is 12.8 Å². The first-order valence-corrected chi connectivity index (χ1v) is 6.09. The van der Waals surface area contributed by atoms with Crippen molar-refractivity contribution in [3.63, 3.8) is 0 Å². The number of rotatable bonds is 4. The molecule has 0 aliphatic carbocycles. The summed E-state index contributed by atoms with van der Waals surface area (Å²) in [4.78, 5) is 24.6. The van der Waals surface area contributed by atoms with Crippen LogP contribution in [0.1, 0.15) is 12.8 Å². The molecule has 0 aromatic rings. The summed E-state index contributed by atoms with van der Waals surface area (Å²) in [6.07, 6.45) is 1.90. The van der Waals surface area contributed by atoms with Gasteiger partial charge in [0.2, 0.25) is 5.91 Å². The van der Waals surface area contributed by atoms with E-state index in [2.05, 4.69) is 10.6 Å². The minimum absolute atomic E-state index is 0. The van der Waals surface area contributed by atoms with Crippen molar-refractivity contribution in [2.75, 3.05) is 33.8 Å². The van der Waals surface area contributed by atoms with Crippen molar-refractivity contribution in [1.82, 2.24) is 15.5 Å². The van der Waals surface area contributed by atoms with Gasteiger partial charge >= 0.3 is 6.03 Å². The zero-order valence-corrected chi connectivity index (χ0v) is 12.2. The van der Waals surface area contributed by atoms with Gasteiger partial charge in [0.1, 0.15) is 0 Å². The molecule has 0 aromatic carbocycles. The molecule has 2 unspecified atom stereocenters. The minimum atomic E-state index is -0.490. The van der Waals surface area contributed by atoms with Crippen molar-refractivity contribution in [2.24, 2.45) is 5.73 Å². The molecule has 1 fully saturated rings. The molecule has 8 heteroatoms. The fourth-order valence-corrected chi connectivity index (χ4v) is 2.14. The van der Waals surface area contributed by atoms with Crippen LogP contribution in [0.4, 0.5) is 4.79 Å². The van der Waals surface area contributed by atoms with E-state index in [1.807, 2.05) is 4.90 Å². The van der Waals surface area contributed by atoms with Gasteiger partial charge in [-0.2, -0.15) is 0 Å². The van der Waals surface area contributed by atoms with Crippen LogP contribution in [0.2, 0.25) is 0 Å². The van der Waals surface area contributed by atoms with Crippen LogP contribution in [0.25, 0.3) is 0 Å². The molecule has 19 heavy (non-hydrogen) atoms. The highest BCUT2D eigenvalue weighted by atomic mass is 35.5. The molecule has 1 saturated heterocycles. The van der Waals surface area contributed by atoms with E-state index < -0.39 is 6.03 Å². The fraction of sp³-hybridized carbons (Fsp3) is 0.818. The number of hydrogen-bond acceptors (Lipinski definition) is 5. The number of imide groups is 1. The smallest absolute Gasteiger partial charge is 0.321 e. The van der Waals surface area contributed by atoms with E-state index in [4.69, 9.17) is 10.5 Å². The number of nitrogens with two attached hydrogens (primary N) is 1. The molecule has 112 valence electrons. The summed E-state index contributed by atoms with van der Waals surface area (Å²) >= 11 is 0. The molecular formula is C11H23ClN4O3. The number of nitrogens with zero attached hydrogens (tertiary/aromatic N) is 1. The van der Waals surface area contributed by atoms with Gasteiger partial charge in [-0.1, -0.05) is 0 Å². The minimum Gasteiger partial charge on any atom is -0.381 e. The van der Waals surface area contributed by atoms with Crippen LogP contribution in [-0.2, 0) is 9.53 Å². The monoisotopic (exact) mass is 294 g/mol. The number of hydrogen-bond donors (Lipinski definition) is 3. The molecule has 1 aliphatic rings. The number of nitrogens with one attached hydrogen (secondary N) is 2. The standard InChI is InChI=1S/C11H22N4O3.ClH/c1-13-11(17)14-10(16)7-15-4-3-9(18-2)5-8(15)6-12;/h8-9H,3-7,12H2,1-2H3,(H2,13,14,16,17);1H. The van der Waals surface area contributed by atoms with Gasteiger partial charge < -0.3 is 15.8 Å². The van der Waals surface area contributed by atoms with Crippen molar-refractivity contribution in [1.29, 1.82) is 0 Å². The van der Waals surface area contributed by atoms with E-state index in [-0.39, 0.29) is 37.0 Å². The molecule has 0 bridgehead atoms. The van der Waals surface area contributed by atoms with Crippen LogP contribution in [0, 0.1) is 0 Å². The average Bonchev–Trinajstić information content (AvgIpc) is 2.38. The van der Waals surface area contributed by atoms with Gasteiger partial charge in [-0.25, -0.2) is 4.79 Å². The van der Waals surface area contributed by atoms with E-state index >= 15 is 0 Å². The summed E-state index contributed by atoms with van der Waals surface area (Å²) in [6.45, 7) is 1.42. The summed E-state index contributed by atoms with van der Waals surface area (Å²) in [5, 5.41) is 4.58. The molecule has 3 amide bonds. The lowest BCUT2D eigenvalue weighted by Gasteiger charge is -2.37. The number of piperidine rings is 1. The van der Waals surface area contributed by atoms with Crippen molar-refractivity contribution < 1.29 is 14.3 Å². The topological polar surface area (TPSA) is 96.7 Å². The molecule has 4 N–H and O–H groups in total.